The van der Waals surface area contributed by atoms with Crippen LogP contribution in [0, 0.1) is 0 Å². The van der Waals surface area contributed by atoms with Crippen molar-refractivity contribution in [3.05, 3.63) is 11.6 Å². The number of rotatable bonds is 5. The van der Waals surface area contributed by atoms with Crippen molar-refractivity contribution in [2.45, 2.75) is 33.1 Å². The lowest BCUT2D eigenvalue weighted by molar-refractivity contribution is 0.697. The van der Waals surface area contributed by atoms with Gasteiger partial charge in [-0.05, 0) is 6.54 Å². The molecule has 4 heteroatoms. The minimum absolute atomic E-state index is 0.407. The first kappa shape index (κ1) is 10.2. The van der Waals surface area contributed by atoms with Gasteiger partial charge in [0.1, 0.15) is 5.82 Å². The first-order chi connectivity index (χ1) is 6.24. The number of nitrogens with one attached hydrogen (secondary N) is 2. The van der Waals surface area contributed by atoms with Crippen molar-refractivity contribution in [3.8, 4) is 0 Å². The minimum atomic E-state index is 0.407. The molecule has 1 aromatic heterocycles. The molecule has 0 spiro atoms. The van der Waals surface area contributed by atoms with Crippen LogP contribution in [-0.2, 0) is 6.42 Å². The number of likely N-dealkylation sites (N-methyl/N-ethyl adjacent to an activating group) is 1. The van der Waals surface area contributed by atoms with E-state index in [9.17, 15) is 0 Å². The van der Waals surface area contributed by atoms with Gasteiger partial charge in [-0.3, -0.25) is 5.10 Å². The van der Waals surface area contributed by atoms with Crippen molar-refractivity contribution < 1.29 is 0 Å². The number of hydrogen-bond donors (Lipinski definition) is 2. The standard InChI is InChI=1S/C9H18N4/c1-4-10-6-5-8-11-9(7(2)3)13-12-8/h7,10H,4-6H2,1-3H3,(H,11,12,13). The summed E-state index contributed by atoms with van der Waals surface area (Å²) in [5.74, 6) is 2.29. The van der Waals surface area contributed by atoms with Crippen molar-refractivity contribution in [1.29, 1.82) is 0 Å². The zero-order chi connectivity index (χ0) is 9.68. The van der Waals surface area contributed by atoms with Gasteiger partial charge in [0, 0.05) is 18.9 Å². The maximum Gasteiger partial charge on any atom is 0.153 e. The molecule has 1 aromatic rings. The van der Waals surface area contributed by atoms with Gasteiger partial charge < -0.3 is 5.32 Å². The second-order valence-electron chi connectivity index (χ2n) is 3.40. The van der Waals surface area contributed by atoms with Gasteiger partial charge in [0.25, 0.3) is 0 Å². The Hall–Kier alpha value is -0.900. The van der Waals surface area contributed by atoms with Gasteiger partial charge in [-0.25, -0.2) is 4.98 Å². The van der Waals surface area contributed by atoms with E-state index < -0.39 is 0 Å². The molecule has 13 heavy (non-hydrogen) atoms. The highest BCUT2D eigenvalue weighted by Crippen LogP contribution is 2.07. The molecular weight excluding hydrogens is 164 g/mol. The molecule has 0 fully saturated rings. The summed E-state index contributed by atoms with van der Waals surface area (Å²) >= 11 is 0. The zero-order valence-electron chi connectivity index (χ0n) is 8.59. The Bertz CT molecular complexity index is 242. The molecule has 0 amide bonds. The highest BCUT2D eigenvalue weighted by molar-refractivity contribution is 4.95. The Balaban J connectivity index is 2.40. The maximum absolute atomic E-state index is 4.37. The lowest BCUT2D eigenvalue weighted by atomic mass is 10.2. The van der Waals surface area contributed by atoms with Gasteiger partial charge in [-0.1, -0.05) is 20.8 Å². The molecule has 0 saturated heterocycles. The first-order valence-electron chi connectivity index (χ1n) is 4.86. The predicted molar refractivity (Wildman–Crippen MR) is 52.7 cm³/mol. The van der Waals surface area contributed by atoms with Gasteiger partial charge in [-0.2, -0.15) is 5.10 Å². The molecule has 0 aliphatic rings. The van der Waals surface area contributed by atoms with Gasteiger partial charge in [0.15, 0.2) is 5.82 Å². The van der Waals surface area contributed by atoms with E-state index in [1.807, 2.05) is 0 Å². The van der Waals surface area contributed by atoms with E-state index in [1.165, 1.54) is 0 Å². The summed E-state index contributed by atoms with van der Waals surface area (Å²) in [4.78, 5) is 4.37. The van der Waals surface area contributed by atoms with E-state index in [2.05, 4.69) is 41.3 Å². The van der Waals surface area contributed by atoms with E-state index in [4.69, 9.17) is 0 Å². The topological polar surface area (TPSA) is 53.6 Å². The quantitative estimate of drug-likeness (QED) is 0.670. The van der Waals surface area contributed by atoms with Crippen LogP contribution in [-0.4, -0.2) is 28.3 Å². The van der Waals surface area contributed by atoms with Gasteiger partial charge in [-0.15, -0.1) is 0 Å². The monoisotopic (exact) mass is 182 g/mol. The minimum Gasteiger partial charge on any atom is -0.317 e. The predicted octanol–water partition coefficient (Wildman–Crippen LogP) is 1.08. The maximum atomic E-state index is 4.37. The molecule has 74 valence electrons. The fourth-order valence-corrected chi connectivity index (χ4v) is 1.06. The number of nitrogens with zero attached hydrogens (tertiary/aromatic N) is 2. The molecule has 1 heterocycles. The van der Waals surface area contributed by atoms with Crippen LogP contribution >= 0.6 is 0 Å². The third kappa shape index (κ3) is 3.14. The van der Waals surface area contributed by atoms with E-state index >= 15 is 0 Å². The second-order valence-corrected chi connectivity index (χ2v) is 3.40. The van der Waals surface area contributed by atoms with Crippen molar-refractivity contribution >= 4 is 0 Å². The molecule has 2 N–H and O–H groups in total. The first-order valence-corrected chi connectivity index (χ1v) is 4.86. The highest BCUT2D eigenvalue weighted by Gasteiger charge is 2.05. The summed E-state index contributed by atoms with van der Waals surface area (Å²) in [6.07, 6.45) is 0.924. The number of H-pyrrole nitrogens is 1. The molecule has 0 aromatic carbocycles. The summed E-state index contributed by atoms with van der Waals surface area (Å²) in [5, 5.41) is 10.3. The van der Waals surface area contributed by atoms with Crippen LogP contribution in [0.2, 0.25) is 0 Å². The molecular formula is C9H18N4. The molecule has 0 radical (unpaired) electrons. The lowest BCUT2D eigenvalue weighted by Gasteiger charge is -1.97. The van der Waals surface area contributed by atoms with Crippen molar-refractivity contribution in [3.63, 3.8) is 0 Å². The fraction of sp³-hybridized carbons (Fsp3) is 0.778. The van der Waals surface area contributed by atoms with Crippen LogP contribution in [0.3, 0.4) is 0 Å². The van der Waals surface area contributed by atoms with Crippen LogP contribution in [0.5, 0.6) is 0 Å². The molecule has 0 aliphatic heterocycles. The van der Waals surface area contributed by atoms with Crippen LogP contribution in [0.1, 0.15) is 38.3 Å². The second kappa shape index (κ2) is 4.97. The Morgan fingerprint density at radius 3 is 2.77 bits per heavy atom. The molecule has 1 rings (SSSR count). The van der Waals surface area contributed by atoms with Crippen LogP contribution in [0.4, 0.5) is 0 Å². The molecule has 0 unspecified atom stereocenters. The van der Waals surface area contributed by atoms with Crippen LogP contribution in [0.25, 0.3) is 0 Å². The average molecular weight is 182 g/mol. The van der Waals surface area contributed by atoms with E-state index in [-0.39, 0.29) is 0 Å². The van der Waals surface area contributed by atoms with E-state index in [0.717, 1.165) is 31.2 Å². The van der Waals surface area contributed by atoms with E-state index in [0.29, 0.717) is 5.92 Å². The summed E-state index contributed by atoms with van der Waals surface area (Å²) < 4.78 is 0. The Labute approximate surface area is 79.2 Å². The largest absolute Gasteiger partial charge is 0.317 e. The molecule has 0 atom stereocenters. The van der Waals surface area contributed by atoms with Crippen molar-refractivity contribution in [1.82, 2.24) is 20.5 Å². The Morgan fingerprint density at radius 2 is 2.23 bits per heavy atom. The molecule has 0 bridgehead atoms. The van der Waals surface area contributed by atoms with E-state index in [1.54, 1.807) is 0 Å². The van der Waals surface area contributed by atoms with Crippen molar-refractivity contribution in [2.24, 2.45) is 0 Å². The normalized spacial score (nSPS) is 11.1. The highest BCUT2D eigenvalue weighted by atomic mass is 15.2. The van der Waals surface area contributed by atoms with Crippen LogP contribution < -0.4 is 5.32 Å². The molecule has 0 saturated carbocycles. The number of aromatic amines is 1. The SMILES string of the molecule is CCNCCc1nc(C(C)C)n[nH]1. The zero-order valence-corrected chi connectivity index (χ0v) is 8.59. The summed E-state index contributed by atoms with van der Waals surface area (Å²) in [6, 6.07) is 0. The van der Waals surface area contributed by atoms with Gasteiger partial charge >= 0.3 is 0 Å². The third-order valence-electron chi connectivity index (χ3n) is 1.85. The Kier molecular flexibility index (Phi) is 3.89. The third-order valence-corrected chi connectivity index (χ3v) is 1.85. The number of aromatic nitrogens is 3. The van der Waals surface area contributed by atoms with Crippen LogP contribution in [0.15, 0.2) is 0 Å². The van der Waals surface area contributed by atoms with Crippen molar-refractivity contribution in [2.75, 3.05) is 13.1 Å². The molecule has 0 aliphatic carbocycles. The Morgan fingerprint density at radius 1 is 1.46 bits per heavy atom. The lowest BCUT2D eigenvalue weighted by Crippen LogP contribution is -2.16. The molecule has 4 nitrogen and oxygen atoms in total. The average Bonchev–Trinajstić information content (AvgIpc) is 2.53. The summed E-state index contributed by atoms with van der Waals surface area (Å²) in [5.41, 5.74) is 0. The summed E-state index contributed by atoms with van der Waals surface area (Å²) in [6.45, 7) is 8.25. The van der Waals surface area contributed by atoms with Gasteiger partial charge in [0.2, 0.25) is 0 Å². The smallest absolute Gasteiger partial charge is 0.153 e. The fourth-order valence-electron chi connectivity index (χ4n) is 1.06. The van der Waals surface area contributed by atoms with Gasteiger partial charge in [0.05, 0.1) is 0 Å². The number of hydrogen-bond acceptors (Lipinski definition) is 3. The summed E-state index contributed by atoms with van der Waals surface area (Å²) in [7, 11) is 0.